The van der Waals surface area contributed by atoms with Crippen molar-refractivity contribution in [1.29, 1.82) is 0 Å². The minimum atomic E-state index is -4.85. The molecule has 0 radical (unpaired) electrons. The van der Waals surface area contributed by atoms with Gasteiger partial charge in [0.2, 0.25) is 0 Å². The summed E-state index contributed by atoms with van der Waals surface area (Å²) in [5.74, 6) is -1.74. The van der Waals surface area contributed by atoms with Gasteiger partial charge in [-0.1, -0.05) is 48.5 Å². The predicted octanol–water partition coefficient (Wildman–Crippen LogP) is 5.76. The molecule has 0 fully saturated rings. The van der Waals surface area contributed by atoms with Gasteiger partial charge in [-0.3, -0.25) is 5.32 Å². The monoisotopic (exact) mass is 427 g/mol. The molecule has 0 bridgehead atoms. The summed E-state index contributed by atoms with van der Waals surface area (Å²) < 4.78 is 45.2. The average molecular weight is 427 g/mol. The molecule has 31 heavy (non-hydrogen) atoms. The van der Waals surface area contributed by atoms with Crippen LogP contribution in [-0.2, 0) is 10.9 Å². The summed E-state index contributed by atoms with van der Waals surface area (Å²) >= 11 is 0. The number of carbonyl (C=O) groups is 2. The van der Waals surface area contributed by atoms with Gasteiger partial charge in [0.05, 0.1) is 16.8 Å². The molecule has 1 aliphatic carbocycles. The number of halogens is 3. The molecular weight excluding hydrogens is 411 g/mol. The average Bonchev–Trinajstić information content (AvgIpc) is 3.05. The summed E-state index contributed by atoms with van der Waals surface area (Å²) in [6, 6.07) is 17.7. The van der Waals surface area contributed by atoms with Crippen molar-refractivity contribution in [2.24, 2.45) is 0 Å². The molecule has 0 spiro atoms. The second-order valence-electron chi connectivity index (χ2n) is 7.01. The maximum absolute atomic E-state index is 13.3. The second kappa shape index (κ2) is 7.79. The van der Waals surface area contributed by atoms with Gasteiger partial charge in [-0.05, 0) is 40.5 Å². The van der Waals surface area contributed by atoms with Crippen LogP contribution in [0.3, 0.4) is 0 Å². The predicted molar refractivity (Wildman–Crippen MR) is 107 cm³/mol. The summed E-state index contributed by atoms with van der Waals surface area (Å²) in [6.07, 6.45) is -5.91. The standard InChI is InChI=1S/C23H16F3NO4/c24-23(25,26)19-11-13(21(28)29)9-10-20(19)27-22(30)31-12-18-16-7-3-1-5-14(16)15-6-2-4-8-17(15)18/h1-11,18H,12H2,(H,27,30)(H,28,29). The van der Waals surface area contributed by atoms with Gasteiger partial charge in [0.1, 0.15) is 6.61 Å². The minimum absolute atomic E-state index is 0.0611. The van der Waals surface area contributed by atoms with Crippen molar-refractivity contribution in [3.05, 3.63) is 89.0 Å². The number of hydrogen-bond acceptors (Lipinski definition) is 3. The smallest absolute Gasteiger partial charge is 0.418 e. The first-order chi connectivity index (χ1) is 14.8. The maximum atomic E-state index is 13.3. The molecule has 0 unspecified atom stereocenters. The second-order valence-corrected chi connectivity index (χ2v) is 7.01. The zero-order valence-corrected chi connectivity index (χ0v) is 15.9. The molecule has 0 saturated carbocycles. The molecule has 0 saturated heterocycles. The highest BCUT2D eigenvalue weighted by Crippen LogP contribution is 2.44. The first kappa shape index (κ1) is 20.5. The van der Waals surface area contributed by atoms with Gasteiger partial charge >= 0.3 is 18.2 Å². The van der Waals surface area contributed by atoms with E-state index in [1.165, 1.54) is 0 Å². The van der Waals surface area contributed by atoms with Crippen molar-refractivity contribution in [3.63, 3.8) is 0 Å². The fourth-order valence-corrected chi connectivity index (χ4v) is 3.77. The van der Waals surface area contributed by atoms with Gasteiger partial charge in [0.15, 0.2) is 0 Å². The molecule has 158 valence electrons. The molecular formula is C23H16F3NO4. The molecule has 5 nitrogen and oxygen atoms in total. The zero-order chi connectivity index (χ0) is 22.2. The van der Waals surface area contributed by atoms with Crippen LogP contribution in [0.5, 0.6) is 0 Å². The van der Waals surface area contributed by atoms with Crippen molar-refractivity contribution in [2.45, 2.75) is 12.1 Å². The quantitative estimate of drug-likeness (QED) is 0.555. The number of amides is 1. The fourth-order valence-electron chi connectivity index (χ4n) is 3.77. The largest absolute Gasteiger partial charge is 0.478 e. The SMILES string of the molecule is O=C(Nc1ccc(C(=O)O)cc1C(F)(F)F)OCC1c2ccccc2-c2ccccc21. The summed E-state index contributed by atoms with van der Waals surface area (Å²) in [6.45, 7) is -0.0611. The first-order valence-electron chi connectivity index (χ1n) is 9.32. The van der Waals surface area contributed by atoms with E-state index in [0.29, 0.717) is 6.07 Å². The van der Waals surface area contributed by atoms with Crippen molar-refractivity contribution >= 4 is 17.7 Å². The van der Waals surface area contributed by atoms with E-state index in [1.807, 2.05) is 48.5 Å². The molecule has 1 aliphatic rings. The van der Waals surface area contributed by atoms with Crippen molar-refractivity contribution < 1.29 is 32.6 Å². The van der Waals surface area contributed by atoms with Crippen LogP contribution < -0.4 is 5.32 Å². The fraction of sp³-hybridized carbons (Fsp3) is 0.130. The van der Waals surface area contributed by atoms with Crippen LogP contribution in [0.25, 0.3) is 11.1 Å². The van der Waals surface area contributed by atoms with E-state index in [1.54, 1.807) is 0 Å². The molecule has 1 amide bonds. The third-order valence-electron chi connectivity index (χ3n) is 5.15. The molecule has 0 atom stereocenters. The highest BCUT2D eigenvalue weighted by atomic mass is 19.4. The third kappa shape index (κ3) is 3.96. The molecule has 8 heteroatoms. The number of alkyl halides is 3. The van der Waals surface area contributed by atoms with Gasteiger partial charge in [0, 0.05) is 5.92 Å². The first-order valence-corrected chi connectivity index (χ1v) is 9.32. The highest BCUT2D eigenvalue weighted by molar-refractivity contribution is 5.91. The maximum Gasteiger partial charge on any atom is 0.418 e. The van der Waals surface area contributed by atoms with Crippen LogP contribution in [0.15, 0.2) is 66.7 Å². The zero-order valence-electron chi connectivity index (χ0n) is 15.9. The van der Waals surface area contributed by atoms with Crippen LogP contribution in [-0.4, -0.2) is 23.8 Å². The van der Waals surface area contributed by atoms with E-state index in [9.17, 15) is 22.8 Å². The number of nitrogens with one attached hydrogen (secondary N) is 1. The van der Waals surface area contributed by atoms with Gasteiger partial charge in [-0.2, -0.15) is 13.2 Å². The van der Waals surface area contributed by atoms with E-state index >= 15 is 0 Å². The number of anilines is 1. The van der Waals surface area contributed by atoms with E-state index in [2.05, 4.69) is 5.32 Å². The van der Waals surface area contributed by atoms with Crippen LogP contribution in [0, 0.1) is 0 Å². The molecule has 2 N–H and O–H groups in total. The van der Waals surface area contributed by atoms with Crippen LogP contribution in [0.4, 0.5) is 23.7 Å². The molecule has 3 aromatic rings. The van der Waals surface area contributed by atoms with Gasteiger partial charge < -0.3 is 9.84 Å². The molecule has 0 aliphatic heterocycles. The third-order valence-corrected chi connectivity index (χ3v) is 5.15. The molecule has 4 rings (SSSR count). The molecule has 0 heterocycles. The Morgan fingerprint density at radius 2 is 1.52 bits per heavy atom. The lowest BCUT2D eigenvalue weighted by Gasteiger charge is -2.17. The summed E-state index contributed by atoms with van der Waals surface area (Å²) in [4.78, 5) is 23.3. The number of fused-ring (bicyclic) bond motifs is 3. The number of carboxylic acids is 1. The number of aromatic carboxylic acids is 1. The number of ether oxygens (including phenoxy) is 1. The van der Waals surface area contributed by atoms with Gasteiger partial charge in [-0.25, -0.2) is 9.59 Å². The lowest BCUT2D eigenvalue weighted by atomic mass is 9.98. The number of rotatable bonds is 4. The number of hydrogen-bond donors (Lipinski definition) is 2. The van der Waals surface area contributed by atoms with E-state index in [-0.39, 0.29) is 12.5 Å². The number of carboxylic acid groups (broad SMARTS) is 1. The Kier molecular flexibility index (Phi) is 5.14. The van der Waals surface area contributed by atoms with E-state index < -0.39 is 35.1 Å². The summed E-state index contributed by atoms with van der Waals surface area (Å²) in [7, 11) is 0. The number of carbonyl (C=O) groups excluding carboxylic acids is 1. The van der Waals surface area contributed by atoms with Gasteiger partial charge in [-0.15, -0.1) is 0 Å². The highest BCUT2D eigenvalue weighted by Gasteiger charge is 2.35. The normalized spacial score (nSPS) is 12.7. The van der Waals surface area contributed by atoms with E-state index in [4.69, 9.17) is 9.84 Å². The topological polar surface area (TPSA) is 75.6 Å². The van der Waals surface area contributed by atoms with Crippen molar-refractivity contribution in [1.82, 2.24) is 0 Å². The number of benzene rings is 3. The Bertz CT molecular complexity index is 1130. The van der Waals surface area contributed by atoms with Crippen LogP contribution in [0.1, 0.15) is 33.0 Å². The van der Waals surface area contributed by atoms with Crippen LogP contribution >= 0.6 is 0 Å². The van der Waals surface area contributed by atoms with Crippen LogP contribution in [0.2, 0.25) is 0 Å². The van der Waals surface area contributed by atoms with E-state index in [0.717, 1.165) is 34.4 Å². The Hall–Kier alpha value is -3.81. The summed E-state index contributed by atoms with van der Waals surface area (Å²) in [5, 5.41) is 11.0. The van der Waals surface area contributed by atoms with Crippen molar-refractivity contribution in [3.8, 4) is 11.1 Å². The minimum Gasteiger partial charge on any atom is -0.478 e. The Labute approximate surface area is 175 Å². The molecule has 0 aromatic heterocycles. The lowest BCUT2D eigenvalue weighted by Crippen LogP contribution is -2.20. The lowest BCUT2D eigenvalue weighted by molar-refractivity contribution is -0.136. The molecule has 3 aromatic carbocycles. The Morgan fingerprint density at radius 1 is 0.935 bits per heavy atom. The van der Waals surface area contributed by atoms with Crippen molar-refractivity contribution in [2.75, 3.05) is 11.9 Å². The Balaban J connectivity index is 1.53. The summed E-state index contributed by atoms with van der Waals surface area (Å²) in [5.41, 5.74) is 1.61. The van der Waals surface area contributed by atoms with Gasteiger partial charge in [0.25, 0.3) is 0 Å². The Morgan fingerprint density at radius 3 is 2.06 bits per heavy atom.